The second kappa shape index (κ2) is 16.9. The van der Waals surface area contributed by atoms with Gasteiger partial charge in [0.2, 0.25) is 5.91 Å². The van der Waals surface area contributed by atoms with E-state index in [9.17, 15) is 14.4 Å². The van der Waals surface area contributed by atoms with Gasteiger partial charge in [-0.05, 0) is 58.1 Å². The lowest BCUT2D eigenvalue weighted by atomic mass is 9.89. The molecule has 0 fully saturated rings. The van der Waals surface area contributed by atoms with Gasteiger partial charge >= 0.3 is 5.97 Å². The monoisotopic (exact) mass is 553 g/mol. The topological polar surface area (TPSA) is 90.9 Å². The fourth-order valence-electron chi connectivity index (χ4n) is 4.42. The van der Waals surface area contributed by atoms with Crippen LogP contribution in [0.5, 0.6) is 0 Å². The Kier molecular flexibility index (Phi) is 14.0. The van der Waals surface area contributed by atoms with Gasteiger partial charge in [-0.25, -0.2) is 0 Å². The summed E-state index contributed by atoms with van der Waals surface area (Å²) in [5.74, 6) is -1.86. The number of carbonyl (C=O) groups is 3. The number of carbonyl (C=O) groups excluding carboxylic acids is 3. The SMILES string of the molecule is CC(C)OC(OC(C)C)C(CC(=O)[C@H](C)NC(=O)[C@@H](CC(=O)OCc1ccccc1)C(C)C)Cc1ccccc1. The first-order valence-corrected chi connectivity index (χ1v) is 14.3. The van der Waals surface area contributed by atoms with Gasteiger partial charge in [0.1, 0.15) is 6.61 Å². The Balaban J connectivity index is 2.06. The standard InChI is InChI=1S/C33H47NO6/c1-22(2)29(20-31(36)38-21-27-16-12-9-13-17-27)32(37)34-25(7)30(35)19-28(18-26-14-10-8-11-15-26)33(39-23(3)4)40-24(5)6/h8-17,22-25,28-29,33H,18-21H2,1-7H3,(H,34,37)/t25-,28?,29-/m0/s1. The maximum atomic E-state index is 13.4. The third kappa shape index (κ3) is 12.0. The third-order valence-electron chi connectivity index (χ3n) is 6.61. The Morgan fingerprint density at radius 3 is 1.75 bits per heavy atom. The van der Waals surface area contributed by atoms with E-state index in [0.717, 1.165) is 11.1 Å². The molecule has 2 aromatic carbocycles. The van der Waals surface area contributed by atoms with Crippen molar-refractivity contribution < 1.29 is 28.6 Å². The number of hydrogen-bond acceptors (Lipinski definition) is 6. The molecule has 1 amide bonds. The zero-order chi connectivity index (χ0) is 29.7. The maximum absolute atomic E-state index is 13.4. The van der Waals surface area contributed by atoms with E-state index >= 15 is 0 Å². The van der Waals surface area contributed by atoms with E-state index in [2.05, 4.69) is 5.32 Å². The normalized spacial score (nSPS) is 13.9. The van der Waals surface area contributed by atoms with Crippen molar-refractivity contribution in [1.29, 1.82) is 0 Å². The third-order valence-corrected chi connectivity index (χ3v) is 6.61. The number of benzene rings is 2. The molecule has 0 aliphatic carbocycles. The quantitative estimate of drug-likeness (QED) is 0.194. The molecular weight excluding hydrogens is 506 g/mol. The van der Waals surface area contributed by atoms with E-state index in [1.165, 1.54) is 0 Å². The predicted molar refractivity (Wildman–Crippen MR) is 156 cm³/mol. The van der Waals surface area contributed by atoms with Crippen molar-refractivity contribution >= 4 is 17.7 Å². The highest BCUT2D eigenvalue weighted by Gasteiger charge is 2.32. The van der Waals surface area contributed by atoms with Crippen molar-refractivity contribution in [2.75, 3.05) is 0 Å². The van der Waals surface area contributed by atoms with E-state index in [0.29, 0.717) is 6.42 Å². The maximum Gasteiger partial charge on any atom is 0.306 e. The number of ether oxygens (including phenoxy) is 3. The van der Waals surface area contributed by atoms with Crippen LogP contribution in [0.15, 0.2) is 60.7 Å². The largest absolute Gasteiger partial charge is 0.461 e. The Labute approximate surface area is 240 Å². The highest BCUT2D eigenvalue weighted by molar-refractivity contribution is 5.91. The van der Waals surface area contributed by atoms with Gasteiger partial charge in [-0.15, -0.1) is 0 Å². The van der Waals surface area contributed by atoms with Crippen LogP contribution in [0.4, 0.5) is 0 Å². The van der Waals surface area contributed by atoms with Crippen molar-refractivity contribution in [2.24, 2.45) is 17.8 Å². The van der Waals surface area contributed by atoms with Crippen molar-refractivity contribution in [3.05, 3.63) is 71.8 Å². The molecule has 0 aromatic heterocycles. The molecule has 2 rings (SSSR count). The Morgan fingerprint density at radius 1 is 0.725 bits per heavy atom. The molecule has 2 aromatic rings. The summed E-state index contributed by atoms with van der Waals surface area (Å²) in [4.78, 5) is 39.1. The fraction of sp³-hybridized carbons (Fsp3) is 0.545. The molecule has 0 aliphatic heterocycles. The van der Waals surface area contributed by atoms with Gasteiger partial charge in [-0.1, -0.05) is 74.5 Å². The molecular formula is C33H47NO6. The van der Waals surface area contributed by atoms with Gasteiger partial charge in [0, 0.05) is 12.3 Å². The minimum atomic E-state index is -0.730. The molecule has 7 nitrogen and oxygen atoms in total. The molecule has 40 heavy (non-hydrogen) atoms. The lowest BCUT2D eigenvalue weighted by molar-refractivity contribution is -0.208. The molecule has 0 spiro atoms. The van der Waals surface area contributed by atoms with Crippen molar-refractivity contribution in [3.8, 4) is 0 Å². The Hall–Kier alpha value is -3.03. The van der Waals surface area contributed by atoms with Crippen molar-refractivity contribution in [2.45, 2.75) is 98.9 Å². The van der Waals surface area contributed by atoms with E-state index in [1.54, 1.807) is 6.92 Å². The first kappa shape index (κ1) is 33.2. The number of rotatable bonds is 17. The Morgan fingerprint density at radius 2 is 1.25 bits per heavy atom. The van der Waals surface area contributed by atoms with Crippen LogP contribution in [-0.4, -0.2) is 42.2 Å². The van der Waals surface area contributed by atoms with E-state index in [1.807, 2.05) is 102 Å². The molecule has 0 bridgehead atoms. The summed E-state index contributed by atoms with van der Waals surface area (Å²) >= 11 is 0. The van der Waals surface area contributed by atoms with Crippen molar-refractivity contribution in [1.82, 2.24) is 5.32 Å². The Bertz CT molecular complexity index is 1030. The number of ketones is 1. The van der Waals surface area contributed by atoms with Crippen LogP contribution in [0, 0.1) is 17.8 Å². The minimum absolute atomic E-state index is 0.0552. The average Bonchev–Trinajstić information content (AvgIpc) is 2.90. The second-order valence-electron chi connectivity index (χ2n) is 11.3. The average molecular weight is 554 g/mol. The highest BCUT2D eigenvalue weighted by atomic mass is 16.7. The van der Waals surface area contributed by atoms with Gasteiger partial charge < -0.3 is 19.5 Å². The molecule has 3 atom stereocenters. The van der Waals surface area contributed by atoms with E-state index < -0.39 is 24.2 Å². The molecule has 1 unspecified atom stereocenters. The predicted octanol–water partition coefficient (Wildman–Crippen LogP) is 5.89. The zero-order valence-corrected chi connectivity index (χ0v) is 25.1. The molecule has 220 valence electrons. The summed E-state index contributed by atoms with van der Waals surface area (Å²) in [5, 5.41) is 2.85. The highest BCUT2D eigenvalue weighted by Crippen LogP contribution is 2.24. The number of Topliss-reactive ketones (excluding diaryl/α,β-unsaturated/α-hetero) is 1. The van der Waals surface area contributed by atoms with Crippen LogP contribution in [0.1, 0.15) is 72.4 Å². The molecule has 0 heterocycles. The molecule has 0 saturated carbocycles. The van der Waals surface area contributed by atoms with Gasteiger partial charge in [0.05, 0.1) is 30.6 Å². The van der Waals surface area contributed by atoms with Gasteiger partial charge in [0.15, 0.2) is 12.1 Å². The lowest BCUT2D eigenvalue weighted by Crippen LogP contribution is -2.45. The number of hydrogen-bond donors (Lipinski definition) is 1. The summed E-state index contributed by atoms with van der Waals surface area (Å²) in [7, 11) is 0. The van der Waals surface area contributed by atoms with Crippen molar-refractivity contribution in [3.63, 3.8) is 0 Å². The van der Waals surface area contributed by atoms with Crippen LogP contribution < -0.4 is 5.32 Å². The molecule has 7 heteroatoms. The summed E-state index contributed by atoms with van der Waals surface area (Å²) in [6.07, 6.45) is -0.0220. The summed E-state index contributed by atoms with van der Waals surface area (Å²) in [6, 6.07) is 18.6. The zero-order valence-electron chi connectivity index (χ0n) is 25.1. The van der Waals surface area contributed by atoms with Crippen LogP contribution in [0.2, 0.25) is 0 Å². The molecule has 0 saturated heterocycles. The summed E-state index contributed by atoms with van der Waals surface area (Å²) in [5.41, 5.74) is 1.96. The van der Waals surface area contributed by atoms with Crippen LogP contribution in [0.3, 0.4) is 0 Å². The smallest absolute Gasteiger partial charge is 0.306 e. The lowest BCUT2D eigenvalue weighted by Gasteiger charge is -2.31. The van der Waals surface area contributed by atoms with Crippen LogP contribution >= 0.6 is 0 Å². The number of esters is 1. The molecule has 0 radical (unpaired) electrons. The second-order valence-corrected chi connectivity index (χ2v) is 11.3. The van der Waals surface area contributed by atoms with Crippen LogP contribution in [0.25, 0.3) is 0 Å². The van der Waals surface area contributed by atoms with Gasteiger partial charge in [0.25, 0.3) is 0 Å². The molecule has 1 N–H and O–H groups in total. The first-order chi connectivity index (χ1) is 19.0. The van der Waals surface area contributed by atoms with Crippen LogP contribution in [-0.2, 0) is 41.6 Å². The van der Waals surface area contributed by atoms with E-state index in [-0.39, 0.29) is 55.2 Å². The number of nitrogens with one attached hydrogen (secondary N) is 1. The molecule has 0 aliphatic rings. The number of amides is 1. The van der Waals surface area contributed by atoms with Gasteiger partial charge in [-0.2, -0.15) is 0 Å². The van der Waals surface area contributed by atoms with E-state index in [4.69, 9.17) is 14.2 Å². The first-order valence-electron chi connectivity index (χ1n) is 14.3. The summed E-state index contributed by atoms with van der Waals surface area (Å²) in [6.45, 7) is 13.4. The minimum Gasteiger partial charge on any atom is -0.461 e. The fourth-order valence-corrected chi connectivity index (χ4v) is 4.42. The summed E-state index contributed by atoms with van der Waals surface area (Å²) < 4.78 is 17.6. The van der Waals surface area contributed by atoms with Gasteiger partial charge in [-0.3, -0.25) is 14.4 Å².